The zero-order chi connectivity index (χ0) is 21.9. The fourth-order valence-electron chi connectivity index (χ4n) is 3.64. The summed E-state index contributed by atoms with van der Waals surface area (Å²) in [4.78, 5) is 14.2. The van der Waals surface area contributed by atoms with Crippen molar-refractivity contribution in [2.24, 2.45) is 5.41 Å². The molecule has 1 amide bonds. The van der Waals surface area contributed by atoms with Gasteiger partial charge in [0.15, 0.2) is 0 Å². The summed E-state index contributed by atoms with van der Waals surface area (Å²) in [5.41, 5.74) is 2.85. The fourth-order valence-corrected chi connectivity index (χ4v) is 5.07. The van der Waals surface area contributed by atoms with Crippen LogP contribution in [-0.4, -0.2) is 45.4 Å². The second-order valence-corrected chi connectivity index (χ2v) is 10.6. The van der Waals surface area contributed by atoms with Crippen LogP contribution >= 0.6 is 0 Å². The van der Waals surface area contributed by atoms with E-state index in [1.54, 1.807) is 7.05 Å². The molecule has 2 aromatic carbocycles. The first-order chi connectivity index (χ1) is 14.1. The number of rotatable bonds is 6. The van der Waals surface area contributed by atoms with Gasteiger partial charge in [0.1, 0.15) is 0 Å². The molecule has 1 aliphatic heterocycles. The molecule has 0 unspecified atom stereocenters. The van der Waals surface area contributed by atoms with Gasteiger partial charge in [0.05, 0.1) is 4.90 Å². The SMILES string of the molecule is CNC(=O)c1ccc(S(=O)(=O)N[C@H](CN2CCc3ccccc3C2)C(C)(C)C)cc1. The summed E-state index contributed by atoms with van der Waals surface area (Å²) in [5.74, 6) is -0.246. The molecule has 2 aromatic rings. The topological polar surface area (TPSA) is 78.5 Å². The van der Waals surface area contributed by atoms with Crippen LogP contribution in [0.15, 0.2) is 53.4 Å². The predicted octanol–water partition coefficient (Wildman–Crippen LogP) is 2.80. The second-order valence-electron chi connectivity index (χ2n) is 8.90. The van der Waals surface area contributed by atoms with Gasteiger partial charge in [0.2, 0.25) is 10.0 Å². The van der Waals surface area contributed by atoms with Crippen molar-refractivity contribution in [2.75, 3.05) is 20.1 Å². The average molecular weight is 430 g/mol. The molecule has 7 heteroatoms. The van der Waals surface area contributed by atoms with Gasteiger partial charge in [-0.15, -0.1) is 0 Å². The van der Waals surface area contributed by atoms with Crippen LogP contribution in [0.1, 0.15) is 42.3 Å². The Kier molecular flexibility index (Phi) is 6.65. The van der Waals surface area contributed by atoms with Crippen LogP contribution in [0.4, 0.5) is 0 Å². The molecule has 0 bridgehead atoms. The molecule has 0 spiro atoms. The van der Waals surface area contributed by atoms with Gasteiger partial charge in [-0.3, -0.25) is 9.69 Å². The number of nitrogens with one attached hydrogen (secondary N) is 2. The monoisotopic (exact) mass is 429 g/mol. The Morgan fingerprint density at radius 2 is 1.70 bits per heavy atom. The minimum absolute atomic E-state index is 0.161. The Morgan fingerprint density at radius 3 is 2.30 bits per heavy atom. The number of fused-ring (bicyclic) bond motifs is 1. The van der Waals surface area contributed by atoms with Gasteiger partial charge in [-0.1, -0.05) is 45.0 Å². The Hall–Kier alpha value is -2.22. The van der Waals surface area contributed by atoms with E-state index in [4.69, 9.17) is 0 Å². The summed E-state index contributed by atoms with van der Waals surface area (Å²) < 4.78 is 29.0. The Balaban J connectivity index is 1.75. The van der Waals surface area contributed by atoms with Crippen LogP contribution in [0.25, 0.3) is 0 Å². The van der Waals surface area contributed by atoms with Crippen LogP contribution in [0.5, 0.6) is 0 Å². The normalized spacial score (nSPS) is 16.0. The van der Waals surface area contributed by atoms with E-state index < -0.39 is 10.0 Å². The summed E-state index contributed by atoms with van der Waals surface area (Å²) >= 11 is 0. The Morgan fingerprint density at radius 1 is 1.07 bits per heavy atom. The van der Waals surface area contributed by atoms with Crippen LogP contribution in [-0.2, 0) is 23.0 Å². The smallest absolute Gasteiger partial charge is 0.251 e. The Bertz CT molecular complexity index is 995. The fraction of sp³-hybridized carbons (Fsp3) is 0.435. The summed E-state index contributed by atoms with van der Waals surface area (Å²) in [5, 5.41) is 2.53. The van der Waals surface area contributed by atoms with Crippen LogP contribution in [0.3, 0.4) is 0 Å². The first kappa shape index (κ1) is 22.5. The molecular weight excluding hydrogens is 398 g/mol. The summed E-state index contributed by atoms with van der Waals surface area (Å²) in [6.45, 7) is 8.51. The number of carbonyl (C=O) groups excluding carboxylic acids is 1. The predicted molar refractivity (Wildman–Crippen MR) is 119 cm³/mol. The lowest BCUT2D eigenvalue weighted by Gasteiger charge is -2.37. The van der Waals surface area contributed by atoms with E-state index in [1.807, 2.05) is 20.8 Å². The van der Waals surface area contributed by atoms with Gasteiger partial charge in [-0.2, -0.15) is 0 Å². The maximum atomic E-state index is 13.0. The van der Waals surface area contributed by atoms with Crippen molar-refractivity contribution >= 4 is 15.9 Å². The molecule has 1 atom stereocenters. The van der Waals surface area contributed by atoms with Crippen molar-refractivity contribution in [3.8, 4) is 0 Å². The van der Waals surface area contributed by atoms with Crippen LogP contribution in [0, 0.1) is 5.41 Å². The van der Waals surface area contributed by atoms with Gasteiger partial charge < -0.3 is 5.32 Å². The van der Waals surface area contributed by atoms with Crippen molar-refractivity contribution in [3.63, 3.8) is 0 Å². The van der Waals surface area contributed by atoms with Gasteiger partial charge in [-0.25, -0.2) is 13.1 Å². The van der Waals surface area contributed by atoms with Crippen molar-refractivity contribution in [3.05, 3.63) is 65.2 Å². The number of sulfonamides is 1. The van der Waals surface area contributed by atoms with E-state index >= 15 is 0 Å². The molecule has 0 aliphatic carbocycles. The minimum atomic E-state index is -3.71. The van der Waals surface area contributed by atoms with Crippen molar-refractivity contribution in [2.45, 2.75) is 44.7 Å². The number of amides is 1. The minimum Gasteiger partial charge on any atom is -0.355 e. The highest BCUT2D eigenvalue weighted by Crippen LogP contribution is 2.25. The van der Waals surface area contributed by atoms with Gasteiger partial charge in [-0.05, 0) is 47.2 Å². The highest BCUT2D eigenvalue weighted by molar-refractivity contribution is 7.89. The maximum absolute atomic E-state index is 13.0. The number of hydrogen-bond acceptors (Lipinski definition) is 4. The van der Waals surface area contributed by atoms with Gasteiger partial charge in [0, 0.05) is 38.3 Å². The molecular formula is C23H31N3O3S. The number of carbonyl (C=O) groups is 1. The molecule has 1 aliphatic rings. The summed E-state index contributed by atoms with van der Waals surface area (Å²) in [6.07, 6.45) is 0.973. The number of hydrogen-bond donors (Lipinski definition) is 2. The lowest BCUT2D eigenvalue weighted by Crippen LogP contribution is -2.51. The number of benzene rings is 2. The molecule has 162 valence electrons. The summed E-state index contributed by atoms with van der Waals surface area (Å²) in [7, 11) is -2.17. The third-order valence-corrected chi connectivity index (χ3v) is 7.13. The van der Waals surface area contributed by atoms with E-state index in [0.29, 0.717) is 12.1 Å². The van der Waals surface area contributed by atoms with Crippen molar-refractivity contribution < 1.29 is 13.2 Å². The van der Waals surface area contributed by atoms with E-state index in [-0.39, 0.29) is 22.3 Å². The van der Waals surface area contributed by atoms with Gasteiger partial charge in [0.25, 0.3) is 5.91 Å². The zero-order valence-corrected chi connectivity index (χ0v) is 18.9. The average Bonchev–Trinajstić information content (AvgIpc) is 2.72. The molecule has 0 fully saturated rings. The van der Waals surface area contributed by atoms with E-state index in [9.17, 15) is 13.2 Å². The molecule has 0 saturated carbocycles. The molecule has 0 radical (unpaired) electrons. The standard InChI is InChI=1S/C23H31N3O3S/c1-23(2,3)21(16-26-14-13-17-7-5-6-8-19(17)15-26)25-30(28,29)20-11-9-18(10-12-20)22(27)24-4/h5-12,21,25H,13-16H2,1-4H3,(H,24,27)/t21-/m1/s1. The quantitative estimate of drug-likeness (QED) is 0.740. The molecule has 0 saturated heterocycles. The first-order valence-electron chi connectivity index (χ1n) is 10.2. The maximum Gasteiger partial charge on any atom is 0.251 e. The highest BCUT2D eigenvalue weighted by atomic mass is 32.2. The van der Waals surface area contributed by atoms with Crippen molar-refractivity contribution in [1.82, 2.24) is 14.9 Å². The van der Waals surface area contributed by atoms with Crippen molar-refractivity contribution in [1.29, 1.82) is 0 Å². The van der Waals surface area contributed by atoms with E-state index in [2.05, 4.69) is 39.2 Å². The lowest BCUT2D eigenvalue weighted by atomic mass is 9.86. The second kappa shape index (κ2) is 8.88. The van der Waals surface area contributed by atoms with Crippen LogP contribution < -0.4 is 10.0 Å². The molecule has 3 rings (SSSR count). The first-order valence-corrected chi connectivity index (χ1v) is 11.7. The lowest BCUT2D eigenvalue weighted by molar-refractivity contribution is 0.0963. The number of nitrogens with zero attached hydrogens (tertiary/aromatic N) is 1. The molecule has 1 heterocycles. The molecule has 6 nitrogen and oxygen atoms in total. The Labute approximate surface area is 179 Å². The molecule has 30 heavy (non-hydrogen) atoms. The third kappa shape index (κ3) is 5.28. The summed E-state index contributed by atoms with van der Waals surface area (Å²) in [6, 6.07) is 14.2. The largest absolute Gasteiger partial charge is 0.355 e. The van der Waals surface area contributed by atoms with Crippen LogP contribution in [0.2, 0.25) is 0 Å². The molecule has 0 aromatic heterocycles. The van der Waals surface area contributed by atoms with E-state index in [0.717, 1.165) is 19.5 Å². The highest BCUT2D eigenvalue weighted by Gasteiger charge is 2.32. The molecule has 2 N–H and O–H groups in total. The van der Waals surface area contributed by atoms with E-state index in [1.165, 1.54) is 35.4 Å². The van der Waals surface area contributed by atoms with Gasteiger partial charge >= 0.3 is 0 Å². The third-order valence-electron chi connectivity index (χ3n) is 5.65. The zero-order valence-electron chi connectivity index (χ0n) is 18.1.